The molecule has 3 rings (SSSR count). The SMILES string of the molecule is COc1cccc(OS(=O)(=O)c2ccc3c(c2)OCCCO3)c1. The summed E-state index contributed by atoms with van der Waals surface area (Å²) in [6.07, 6.45) is 0.747. The van der Waals surface area contributed by atoms with Crippen LogP contribution in [0.5, 0.6) is 23.0 Å². The van der Waals surface area contributed by atoms with E-state index < -0.39 is 10.1 Å². The molecule has 0 aromatic heterocycles. The number of rotatable bonds is 4. The van der Waals surface area contributed by atoms with E-state index in [9.17, 15) is 8.42 Å². The van der Waals surface area contributed by atoms with Crippen LogP contribution in [0.3, 0.4) is 0 Å². The van der Waals surface area contributed by atoms with Crippen LogP contribution in [0.15, 0.2) is 47.4 Å². The van der Waals surface area contributed by atoms with E-state index in [0.717, 1.165) is 6.42 Å². The third-order valence-corrected chi connectivity index (χ3v) is 4.50. The molecule has 1 aliphatic rings. The molecule has 2 aromatic rings. The van der Waals surface area contributed by atoms with E-state index >= 15 is 0 Å². The number of benzene rings is 2. The van der Waals surface area contributed by atoms with Crippen molar-refractivity contribution in [2.45, 2.75) is 11.3 Å². The second-order valence-electron chi connectivity index (χ2n) is 4.88. The monoisotopic (exact) mass is 336 g/mol. The predicted molar refractivity (Wildman–Crippen MR) is 82.9 cm³/mol. The lowest BCUT2D eigenvalue weighted by Crippen LogP contribution is -2.10. The maximum atomic E-state index is 12.4. The van der Waals surface area contributed by atoms with Crippen LogP contribution in [0.4, 0.5) is 0 Å². The summed E-state index contributed by atoms with van der Waals surface area (Å²) >= 11 is 0. The second kappa shape index (κ2) is 6.37. The molecule has 6 nitrogen and oxygen atoms in total. The third-order valence-electron chi connectivity index (χ3n) is 3.25. The molecule has 0 spiro atoms. The molecule has 0 fully saturated rings. The normalized spacial score (nSPS) is 14.0. The number of methoxy groups -OCH3 is 1. The number of ether oxygens (including phenoxy) is 3. The van der Waals surface area contributed by atoms with Gasteiger partial charge in [-0.2, -0.15) is 8.42 Å². The first-order valence-corrected chi connectivity index (χ1v) is 8.47. The molecule has 0 aliphatic carbocycles. The van der Waals surface area contributed by atoms with Crippen LogP contribution < -0.4 is 18.4 Å². The summed E-state index contributed by atoms with van der Waals surface area (Å²) in [6, 6.07) is 10.8. The Hall–Kier alpha value is -2.41. The molecule has 0 unspecified atom stereocenters. The maximum absolute atomic E-state index is 12.4. The zero-order chi connectivity index (χ0) is 16.3. The average Bonchev–Trinajstić information content (AvgIpc) is 2.79. The summed E-state index contributed by atoms with van der Waals surface area (Å²) in [5.41, 5.74) is 0. The van der Waals surface area contributed by atoms with Crippen LogP contribution in [-0.2, 0) is 10.1 Å². The van der Waals surface area contributed by atoms with Crippen molar-refractivity contribution in [1.29, 1.82) is 0 Å². The molecule has 7 heteroatoms. The zero-order valence-corrected chi connectivity index (χ0v) is 13.3. The first-order chi connectivity index (χ1) is 11.1. The van der Waals surface area contributed by atoms with Gasteiger partial charge in [-0.3, -0.25) is 0 Å². The molecule has 23 heavy (non-hydrogen) atoms. The molecule has 2 aromatic carbocycles. The molecule has 0 saturated carbocycles. The summed E-state index contributed by atoms with van der Waals surface area (Å²) in [7, 11) is -2.48. The Bertz CT molecular complexity index is 800. The third kappa shape index (κ3) is 3.50. The topological polar surface area (TPSA) is 71.1 Å². The minimum Gasteiger partial charge on any atom is -0.497 e. The summed E-state index contributed by atoms with van der Waals surface area (Å²) < 4.78 is 46.0. The molecular formula is C16H16O6S. The maximum Gasteiger partial charge on any atom is 0.339 e. The molecule has 0 saturated heterocycles. The van der Waals surface area contributed by atoms with E-state index in [0.29, 0.717) is 30.5 Å². The van der Waals surface area contributed by atoms with Gasteiger partial charge in [-0.1, -0.05) is 6.07 Å². The molecule has 0 atom stereocenters. The van der Waals surface area contributed by atoms with Gasteiger partial charge in [0.2, 0.25) is 0 Å². The standard InChI is InChI=1S/C16H16O6S/c1-19-12-4-2-5-13(10-12)22-23(17,18)14-6-7-15-16(11-14)21-9-3-8-20-15/h2,4-7,10-11H,3,8-9H2,1H3. The van der Waals surface area contributed by atoms with E-state index in [-0.39, 0.29) is 10.6 Å². The van der Waals surface area contributed by atoms with E-state index in [1.807, 2.05) is 0 Å². The lowest BCUT2D eigenvalue weighted by Gasteiger charge is -2.11. The molecular weight excluding hydrogens is 320 g/mol. The smallest absolute Gasteiger partial charge is 0.339 e. The Morgan fingerprint density at radius 1 is 0.957 bits per heavy atom. The Balaban J connectivity index is 1.88. The van der Waals surface area contributed by atoms with Crippen molar-refractivity contribution in [1.82, 2.24) is 0 Å². The Labute approximate surface area is 134 Å². The highest BCUT2D eigenvalue weighted by atomic mass is 32.2. The molecule has 122 valence electrons. The minimum absolute atomic E-state index is 0.00423. The molecule has 1 aliphatic heterocycles. The van der Waals surface area contributed by atoms with Crippen molar-refractivity contribution in [2.75, 3.05) is 20.3 Å². The Morgan fingerprint density at radius 2 is 1.70 bits per heavy atom. The van der Waals surface area contributed by atoms with Crippen molar-refractivity contribution in [3.63, 3.8) is 0 Å². The second-order valence-corrected chi connectivity index (χ2v) is 6.42. The van der Waals surface area contributed by atoms with Gasteiger partial charge in [-0.25, -0.2) is 0 Å². The largest absolute Gasteiger partial charge is 0.497 e. The van der Waals surface area contributed by atoms with Gasteiger partial charge in [-0.05, 0) is 24.3 Å². The lowest BCUT2D eigenvalue weighted by molar-refractivity contribution is 0.296. The molecule has 0 bridgehead atoms. The van der Waals surface area contributed by atoms with Crippen molar-refractivity contribution >= 4 is 10.1 Å². The number of fused-ring (bicyclic) bond motifs is 1. The number of hydrogen-bond acceptors (Lipinski definition) is 6. The van der Waals surface area contributed by atoms with Crippen molar-refractivity contribution in [3.05, 3.63) is 42.5 Å². The van der Waals surface area contributed by atoms with E-state index in [4.69, 9.17) is 18.4 Å². The Kier molecular flexibility index (Phi) is 4.29. The highest BCUT2D eigenvalue weighted by molar-refractivity contribution is 7.87. The molecule has 0 radical (unpaired) electrons. The lowest BCUT2D eigenvalue weighted by atomic mass is 10.3. The van der Waals surface area contributed by atoms with Crippen LogP contribution >= 0.6 is 0 Å². The first kappa shape index (κ1) is 15.5. The van der Waals surface area contributed by atoms with Crippen molar-refractivity contribution < 1.29 is 26.8 Å². The van der Waals surface area contributed by atoms with Gasteiger partial charge in [0.1, 0.15) is 16.4 Å². The van der Waals surface area contributed by atoms with Gasteiger partial charge < -0.3 is 18.4 Å². The first-order valence-electron chi connectivity index (χ1n) is 7.07. The van der Waals surface area contributed by atoms with Crippen molar-refractivity contribution in [2.24, 2.45) is 0 Å². The van der Waals surface area contributed by atoms with E-state index in [1.165, 1.54) is 25.3 Å². The van der Waals surface area contributed by atoms with Crippen LogP contribution in [0, 0.1) is 0 Å². The average molecular weight is 336 g/mol. The summed E-state index contributed by atoms with van der Waals surface area (Å²) in [5.74, 6) is 1.62. The van der Waals surface area contributed by atoms with Crippen LogP contribution in [-0.4, -0.2) is 28.7 Å². The molecule has 0 N–H and O–H groups in total. The molecule has 0 amide bonds. The summed E-state index contributed by atoms with van der Waals surface area (Å²) in [4.78, 5) is 0.00423. The van der Waals surface area contributed by atoms with E-state index in [1.54, 1.807) is 24.3 Å². The van der Waals surface area contributed by atoms with Crippen LogP contribution in [0.25, 0.3) is 0 Å². The highest BCUT2D eigenvalue weighted by Crippen LogP contribution is 2.33. The number of hydrogen-bond donors (Lipinski definition) is 0. The van der Waals surface area contributed by atoms with Gasteiger partial charge >= 0.3 is 10.1 Å². The van der Waals surface area contributed by atoms with Gasteiger partial charge in [0.25, 0.3) is 0 Å². The fourth-order valence-electron chi connectivity index (χ4n) is 2.13. The van der Waals surface area contributed by atoms with Gasteiger partial charge in [0.15, 0.2) is 11.5 Å². The quantitative estimate of drug-likeness (QED) is 0.799. The Morgan fingerprint density at radius 3 is 2.48 bits per heavy atom. The van der Waals surface area contributed by atoms with Gasteiger partial charge in [-0.15, -0.1) is 0 Å². The summed E-state index contributed by atoms with van der Waals surface area (Å²) in [6.45, 7) is 1.02. The predicted octanol–water partition coefficient (Wildman–Crippen LogP) is 2.62. The van der Waals surface area contributed by atoms with Crippen LogP contribution in [0.1, 0.15) is 6.42 Å². The highest BCUT2D eigenvalue weighted by Gasteiger charge is 2.21. The van der Waals surface area contributed by atoms with Crippen molar-refractivity contribution in [3.8, 4) is 23.0 Å². The summed E-state index contributed by atoms with van der Waals surface area (Å²) in [5, 5.41) is 0. The molecule has 1 heterocycles. The van der Waals surface area contributed by atoms with Crippen LogP contribution in [0.2, 0.25) is 0 Å². The van der Waals surface area contributed by atoms with Gasteiger partial charge in [0.05, 0.1) is 20.3 Å². The minimum atomic E-state index is -3.97. The fraction of sp³-hybridized carbons (Fsp3) is 0.250. The zero-order valence-electron chi connectivity index (χ0n) is 12.5. The van der Waals surface area contributed by atoms with Gasteiger partial charge in [0, 0.05) is 18.6 Å². The van der Waals surface area contributed by atoms with E-state index in [2.05, 4.69) is 0 Å². The fourth-order valence-corrected chi connectivity index (χ4v) is 3.07.